The lowest BCUT2D eigenvalue weighted by molar-refractivity contribution is 0.0474. The zero-order valence-corrected chi connectivity index (χ0v) is 12.0. The molecule has 0 heterocycles. The number of ether oxygens (including phenoxy) is 1. The summed E-state index contributed by atoms with van der Waals surface area (Å²) < 4.78 is 5.28. The van der Waals surface area contributed by atoms with E-state index in [9.17, 15) is 4.79 Å². The average Bonchev–Trinajstić information content (AvgIpc) is 2.58. The fourth-order valence-electron chi connectivity index (χ4n) is 1.91. The van der Waals surface area contributed by atoms with E-state index in [-0.39, 0.29) is 13.2 Å². The highest BCUT2D eigenvalue weighted by Gasteiger charge is 2.12. The summed E-state index contributed by atoms with van der Waals surface area (Å²) >= 11 is 0. The van der Waals surface area contributed by atoms with E-state index in [0.29, 0.717) is 23.4 Å². The third-order valence-corrected chi connectivity index (χ3v) is 3.03. The van der Waals surface area contributed by atoms with Gasteiger partial charge in [-0.1, -0.05) is 24.3 Å². The van der Waals surface area contributed by atoms with Gasteiger partial charge in [0.15, 0.2) is 0 Å². The summed E-state index contributed by atoms with van der Waals surface area (Å²) in [6.45, 7) is 0.480. The quantitative estimate of drug-likeness (QED) is 0.799. The van der Waals surface area contributed by atoms with Crippen LogP contribution in [0.15, 0.2) is 48.5 Å². The number of aliphatic hydroxyl groups excluding tert-OH is 1. The minimum atomic E-state index is -0.439. The first-order valence-electron chi connectivity index (χ1n) is 6.84. The second kappa shape index (κ2) is 7.81. The molecule has 0 spiro atoms. The molecular weight excluding hydrogens is 280 g/mol. The van der Waals surface area contributed by atoms with Crippen LogP contribution in [0.5, 0.6) is 0 Å². The van der Waals surface area contributed by atoms with Crippen LogP contribution < -0.4 is 5.32 Å². The Morgan fingerprint density at radius 2 is 1.91 bits per heavy atom. The number of carbonyl (C=O) groups is 1. The van der Waals surface area contributed by atoms with E-state index in [1.165, 1.54) is 0 Å². The molecule has 0 atom stereocenters. The lowest BCUT2D eigenvalue weighted by Crippen LogP contribution is -2.12. The molecule has 2 aromatic rings. The van der Waals surface area contributed by atoms with Crippen molar-refractivity contribution in [2.45, 2.75) is 6.61 Å². The maximum atomic E-state index is 12.1. The van der Waals surface area contributed by atoms with Crippen LogP contribution >= 0.6 is 0 Å². The first kappa shape index (κ1) is 15.5. The maximum absolute atomic E-state index is 12.1. The largest absolute Gasteiger partial charge is 0.457 e. The van der Waals surface area contributed by atoms with Gasteiger partial charge < -0.3 is 15.2 Å². The van der Waals surface area contributed by atoms with Crippen molar-refractivity contribution >= 4 is 11.7 Å². The number of nitrogens with zero attached hydrogens (tertiary/aromatic N) is 1. The van der Waals surface area contributed by atoms with Crippen LogP contribution in [0.1, 0.15) is 21.5 Å². The summed E-state index contributed by atoms with van der Waals surface area (Å²) in [6, 6.07) is 15.9. The van der Waals surface area contributed by atoms with E-state index in [4.69, 9.17) is 15.1 Å². The average molecular weight is 296 g/mol. The van der Waals surface area contributed by atoms with Gasteiger partial charge in [-0.05, 0) is 29.8 Å². The molecule has 0 bridgehead atoms. The van der Waals surface area contributed by atoms with Crippen LogP contribution in [0.3, 0.4) is 0 Å². The Balaban J connectivity index is 2.01. The second-order valence-electron chi connectivity index (χ2n) is 4.58. The maximum Gasteiger partial charge on any atom is 0.340 e. The normalized spacial score (nSPS) is 9.82. The Kier molecular flexibility index (Phi) is 5.52. The van der Waals surface area contributed by atoms with E-state index in [1.807, 2.05) is 6.07 Å². The number of rotatable bonds is 6. The molecular formula is C17H16N2O3. The first-order chi connectivity index (χ1) is 10.7. The van der Waals surface area contributed by atoms with Crippen molar-refractivity contribution in [2.75, 3.05) is 18.5 Å². The molecule has 0 aromatic heterocycles. The van der Waals surface area contributed by atoms with Crippen LogP contribution in [-0.4, -0.2) is 24.2 Å². The van der Waals surface area contributed by atoms with Crippen molar-refractivity contribution < 1.29 is 14.6 Å². The van der Waals surface area contributed by atoms with E-state index in [2.05, 4.69) is 5.32 Å². The standard InChI is InChI=1S/C17H16N2O3/c18-11-13-5-7-14(8-6-13)12-22-17(21)15-3-1-2-4-16(15)19-9-10-20/h1-8,19-20H,9-10,12H2. The molecule has 0 saturated carbocycles. The van der Waals surface area contributed by atoms with Gasteiger partial charge in [0.05, 0.1) is 23.8 Å². The van der Waals surface area contributed by atoms with Crippen LogP contribution in [0.4, 0.5) is 5.69 Å². The third-order valence-electron chi connectivity index (χ3n) is 3.03. The number of carbonyl (C=O) groups excluding carboxylic acids is 1. The number of aliphatic hydroxyl groups is 1. The topological polar surface area (TPSA) is 82.3 Å². The van der Waals surface area contributed by atoms with Gasteiger partial charge >= 0.3 is 5.97 Å². The number of hydrogen-bond donors (Lipinski definition) is 2. The van der Waals surface area contributed by atoms with Crippen molar-refractivity contribution in [1.29, 1.82) is 5.26 Å². The number of benzene rings is 2. The highest BCUT2D eigenvalue weighted by atomic mass is 16.5. The molecule has 2 N–H and O–H groups in total. The summed E-state index contributed by atoms with van der Waals surface area (Å²) in [5.41, 5.74) is 2.42. The van der Waals surface area contributed by atoms with Crippen molar-refractivity contribution in [3.63, 3.8) is 0 Å². The van der Waals surface area contributed by atoms with Crippen molar-refractivity contribution in [3.05, 3.63) is 65.2 Å². The van der Waals surface area contributed by atoms with Gasteiger partial charge in [0.25, 0.3) is 0 Å². The van der Waals surface area contributed by atoms with Crippen LogP contribution in [-0.2, 0) is 11.3 Å². The molecule has 0 radical (unpaired) electrons. The van der Waals surface area contributed by atoms with Crippen molar-refractivity contribution in [1.82, 2.24) is 0 Å². The van der Waals surface area contributed by atoms with Crippen molar-refractivity contribution in [3.8, 4) is 6.07 Å². The summed E-state index contributed by atoms with van der Waals surface area (Å²) in [6.07, 6.45) is 0. The molecule has 2 aromatic carbocycles. The van der Waals surface area contributed by atoms with E-state index in [1.54, 1.807) is 48.5 Å². The number of esters is 1. The van der Waals surface area contributed by atoms with Gasteiger partial charge in [0.2, 0.25) is 0 Å². The van der Waals surface area contributed by atoms with Gasteiger partial charge in [-0.25, -0.2) is 4.79 Å². The monoisotopic (exact) mass is 296 g/mol. The zero-order valence-electron chi connectivity index (χ0n) is 12.0. The fourth-order valence-corrected chi connectivity index (χ4v) is 1.91. The van der Waals surface area contributed by atoms with Gasteiger partial charge in [-0.3, -0.25) is 0 Å². The molecule has 0 amide bonds. The molecule has 2 rings (SSSR count). The Bertz CT molecular complexity index is 675. The SMILES string of the molecule is N#Cc1ccc(COC(=O)c2ccccc2NCCO)cc1. The van der Waals surface area contributed by atoms with E-state index >= 15 is 0 Å². The summed E-state index contributed by atoms with van der Waals surface area (Å²) in [7, 11) is 0. The Morgan fingerprint density at radius 1 is 1.18 bits per heavy atom. The van der Waals surface area contributed by atoms with E-state index < -0.39 is 5.97 Å². The molecule has 0 fully saturated rings. The van der Waals surface area contributed by atoms with Crippen molar-refractivity contribution in [2.24, 2.45) is 0 Å². The smallest absolute Gasteiger partial charge is 0.340 e. The summed E-state index contributed by atoms with van der Waals surface area (Å²) in [4.78, 5) is 12.1. The van der Waals surface area contributed by atoms with Gasteiger partial charge in [0, 0.05) is 12.2 Å². The zero-order chi connectivity index (χ0) is 15.8. The lowest BCUT2D eigenvalue weighted by Gasteiger charge is -2.11. The van der Waals surface area contributed by atoms with Gasteiger partial charge in [-0.15, -0.1) is 0 Å². The fraction of sp³-hybridized carbons (Fsp3) is 0.176. The Hall–Kier alpha value is -2.84. The Morgan fingerprint density at radius 3 is 2.59 bits per heavy atom. The number of para-hydroxylation sites is 1. The molecule has 0 unspecified atom stereocenters. The minimum Gasteiger partial charge on any atom is -0.457 e. The van der Waals surface area contributed by atoms with Gasteiger partial charge in [-0.2, -0.15) is 5.26 Å². The predicted molar refractivity (Wildman–Crippen MR) is 82.3 cm³/mol. The highest BCUT2D eigenvalue weighted by Crippen LogP contribution is 2.17. The summed E-state index contributed by atoms with van der Waals surface area (Å²) in [5, 5.41) is 20.6. The molecule has 0 aliphatic heterocycles. The second-order valence-corrected chi connectivity index (χ2v) is 4.58. The molecule has 0 aliphatic carbocycles. The third kappa shape index (κ3) is 4.08. The Labute approximate surface area is 128 Å². The number of hydrogen-bond acceptors (Lipinski definition) is 5. The molecule has 5 nitrogen and oxygen atoms in total. The van der Waals surface area contributed by atoms with Crippen LogP contribution in [0, 0.1) is 11.3 Å². The predicted octanol–water partition coefficient (Wildman–Crippen LogP) is 2.32. The number of nitrogens with one attached hydrogen (secondary N) is 1. The molecule has 22 heavy (non-hydrogen) atoms. The minimum absolute atomic E-state index is 0.0192. The lowest BCUT2D eigenvalue weighted by atomic mass is 10.1. The van der Waals surface area contributed by atoms with Crippen LogP contribution in [0.2, 0.25) is 0 Å². The molecule has 5 heteroatoms. The molecule has 0 saturated heterocycles. The van der Waals surface area contributed by atoms with E-state index in [0.717, 1.165) is 5.56 Å². The summed E-state index contributed by atoms with van der Waals surface area (Å²) in [5.74, 6) is -0.439. The van der Waals surface area contributed by atoms with Crippen LogP contribution in [0.25, 0.3) is 0 Å². The number of anilines is 1. The molecule has 112 valence electrons. The van der Waals surface area contributed by atoms with Gasteiger partial charge in [0.1, 0.15) is 6.61 Å². The highest BCUT2D eigenvalue weighted by molar-refractivity contribution is 5.95. The first-order valence-corrected chi connectivity index (χ1v) is 6.84. The number of nitriles is 1. The molecule has 0 aliphatic rings.